The molecule has 0 atom stereocenters. The van der Waals surface area contributed by atoms with Gasteiger partial charge in [-0.1, -0.05) is 23.7 Å². The minimum Gasteiger partial charge on any atom is -0.332 e. The van der Waals surface area contributed by atoms with Gasteiger partial charge in [-0.25, -0.2) is 4.39 Å². The van der Waals surface area contributed by atoms with E-state index < -0.39 is 10.7 Å². The summed E-state index contributed by atoms with van der Waals surface area (Å²) in [6.07, 6.45) is 1.65. The lowest BCUT2D eigenvalue weighted by Crippen LogP contribution is -2.19. The summed E-state index contributed by atoms with van der Waals surface area (Å²) in [6.45, 7) is 0.165. The van der Waals surface area contributed by atoms with E-state index in [-0.39, 0.29) is 17.3 Å². The van der Waals surface area contributed by atoms with Crippen LogP contribution in [0.15, 0.2) is 54.7 Å². The van der Waals surface area contributed by atoms with Crippen molar-refractivity contribution in [3.8, 4) is 0 Å². The third kappa shape index (κ3) is 4.78. The van der Waals surface area contributed by atoms with Gasteiger partial charge in [-0.2, -0.15) is 5.10 Å². The highest BCUT2D eigenvalue weighted by molar-refractivity contribution is 7.80. The third-order valence-corrected chi connectivity index (χ3v) is 4.14. The van der Waals surface area contributed by atoms with E-state index in [1.54, 1.807) is 30.5 Å². The largest absolute Gasteiger partial charge is 0.332 e. The van der Waals surface area contributed by atoms with E-state index in [9.17, 15) is 14.5 Å². The van der Waals surface area contributed by atoms with Gasteiger partial charge in [0.05, 0.1) is 11.5 Å². The third-order valence-electron chi connectivity index (χ3n) is 3.58. The van der Waals surface area contributed by atoms with E-state index in [1.165, 1.54) is 28.9 Å². The van der Waals surface area contributed by atoms with E-state index in [0.717, 1.165) is 0 Å². The summed E-state index contributed by atoms with van der Waals surface area (Å²) in [5.41, 5.74) is 0.763. The first kappa shape index (κ1) is 18.7. The molecule has 1 heterocycles. The van der Waals surface area contributed by atoms with Crippen molar-refractivity contribution < 1.29 is 9.31 Å². The molecule has 0 aliphatic heterocycles. The number of rotatable bonds is 5. The number of halogens is 2. The highest BCUT2D eigenvalue weighted by Gasteiger charge is 2.10. The summed E-state index contributed by atoms with van der Waals surface area (Å²) in [5, 5.41) is 21.3. The van der Waals surface area contributed by atoms with Crippen molar-refractivity contribution in [2.45, 2.75) is 6.54 Å². The molecule has 0 bridgehead atoms. The summed E-state index contributed by atoms with van der Waals surface area (Å²) in [7, 11) is 0. The lowest BCUT2D eigenvalue weighted by atomic mass is 10.2. The van der Waals surface area contributed by atoms with Crippen LogP contribution in [0.2, 0.25) is 5.02 Å². The Morgan fingerprint density at radius 3 is 2.78 bits per heavy atom. The second-order valence-corrected chi connectivity index (χ2v) is 6.30. The van der Waals surface area contributed by atoms with Crippen molar-refractivity contribution in [3.63, 3.8) is 0 Å². The quantitative estimate of drug-likeness (QED) is 0.371. The summed E-state index contributed by atoms with van der Waals surface area (Å²) in [5.74, 6) is 0.0285. The molecule has 0 radical (unpaired) electrons. The summed E-state index contributed by atoms with van der Waals surface area (Å²) in [6, 6.07) is 12.1. The van der Waals surface area contributed by atoms with Gasteiger partial charge in [0.25, 0.3) is 5.69 Å². The summed E-state index contributed by atoms with van der Waals surface area (Å²) < 4.78 is 15.4. The van der Waals surface area contributed by atoms with Crippen molar-refractivity contribution in [2.75, 3.05) is 10.6 Å². The molecule has 27 heavy (non-hydrogen) atoms. The first-order chi connectivity index (χ1) is 12.9. The number of nitro benzene ring substituents is 1. The zero-order valence-electron chi connectivity index (χ0n) is 13.7. The molecule has 138 valence electrons. The Morgan fingerprint density at radius 1 is 1.26 bits per heavy atom. The molecule has 7 nitrogen and oxygen atoms in total. The predicted molar refractivity (Wildman–Crippen MR) is 106 cm³/mol. The molecule has 3 aromatic rings. The van der Waals surface area contributed by atoms with Crippen molar-refractivity contribution in [2.24, 2.45) is 0 Å². The van der Waals surface area contributed by atoms with Crippen LogP contribution in [0.1, 0.15) is 5.56 Å². The van der Waals surface area contributed by atoms with Gasteiger partial charge in [0.15, 0.2) is 10.9 Å². The molecule has 0 aliphatic carbocycles. The molecule has 0 saturated carbocycles. The average molecular weight is 406 g/mol. The molecule has 0 fully saturated rings. The Kier molecular flexibility index (Phi) is 5.63. The van der Waals surface area contributed by atoms with Crippen molar-refractivity contribution >= 4 is 46.1 Å². The first-order valence-corrected chi connectivity index (χ1v) is 8.50. The fourth-order valence-corrected chi connectivity index (χ4v) is 2.78. The molecule has 0 amide bonds. The monoisotopic (exact) mass is 405 g/mol. The smallest absolute Gasteiger partial charge is 0.271 e. The van der Waals surface area contributed by atoms with Gasteiger partial charge in [-0.05, 0) is 30.4 Å². The van der Waals surface area contributed by atoms with Crippen LogP contribution in [0, 0.1) is 15.9 Å². The number of nitrogens with one attached hydrogen (secondary N) is 2. The fraction of sp³-hybridized carbons (Fsp3) is 0.0588. The van der Waals surface area contributed by atoms with E-state index >= 15 is 0 Å². The van der Waals surface area contributed by atoms with Crippen molar-refractivity contribution in [3.05, 3.63) is 81.2 Å². The molecular weight excluding hydrogens is 393 g/mol. The topological polar surface area (TPSA) is 85.0 Å². The molecule has 1 aromatic heterocycles. The van der Waals surface area contributed by atoms with Crippen LogP contribution < -0.4 is 10.6 Å². The summed E-state index contributed by atoms with van der Waals surface area (Å²) in [4.78, 5) is 10.3. The van der Waals surface area contributed by atoms with E-state index in [0.29, 0.717) is 22.1 Å². The second-order valence-electron chi connectivity index (χ2n) is 5.49. The zero-order valence-corrected chi connectivity index (χ0v) is 15.3. The van der Waals surface area contributed by atoms with E-state index in [1.807, 2.05) is 0 Å². The number of benzene rings is 2. The minimum atomic E-state index is -0.489. The van der Waals surface area contributed by atoms with Gasteiger partial charge in [0.2, 0.25) is 0 Å². The average Bonchev–Trinajstić information content (AvgIpc) is 3.05. The molecule has 0 spiro atoms. The SMILES string of the molecule is O=[N+]([O-])c1cccc(NC(=S)Nc2ccn(Cc3c(F)cccc3Cl)n2)c1. The van der Waals surface area contributed by atoms with Crippen LogP contribution in [-0.4, -0.2) is 19.8 Å². The second kappa shape index (κ2) is 8.11. The highest BCUT2D eigenvalue weighted by Crippen LogP contribution is 2.20. The predicted octanol–water partition coefficient (Wildman–Crippen LogP) is 4.44. The first-order valence-electron chi connectivity index (χ1n) is 7.71. The molecular formula is C17H13ClFN5O2S. The Balaban J connectivity index is 1.64. The van der Waals surface area contributed by atoms with E-state index in [4.69, 9.17) is 23.8 Å². The molecule has 0 aliphatic rings. The van der Waals surface area contributed by atoms with Crippen molar-refractivity contribution in [1.82, 2.24) is 9.78 Å². The van der Waals surface area contributed by atoms with Gasteiger partial charge in [-0.3, -0.25) is 14.8 Å². The van der Waals surface area contributed by atoms with Crippen LogP contribution in [0.4, 0.5) is 21.6 Å². The Labute approximate surface area is 163 Å². The Bertz CT molecular complexity index is 990. The number of hydrogen-bond acceptors (Lipinski definition) is 4. The van der Waals surface area contributed by atoms with Crippen molar-refractivity contribution in [1.29, 1.82) is 0 Å². The molecule has 0 unspecified atom stereocenters. The molecule has 2 N–H and O–H groups in total. The summed E-state index contributed by atoms with van der Waals surface area (Å²) >= 11 is 11.2. The van der Waals surface area contributed by atoms with Crippen LogP contribution in [0.3, 0.4) is 0 Å². The van der Waals surface area contributed by atoms with Gasteiger partial charge in [-0.15, -0.1) is 0 Å². The van der Waals surface area contributed by atoms with Gasteiger partial charge in [0.1, 0.15) is 5.82 Å². The normalized spacial score (nSPS) is 10.4. The standard InChI is InChI=1S/C17H13ClFN5O2S/c18-14-5-2-6-15(19)13(14)10-23-8-7-16(22-23)21-17(27)20-11-3-1-4-12(9-11)24(25)26/h1-9H,10H2,(H2,20,21,22,27). The van der Waals surface area contributed by atoms with E-state index in [2.05, 4.69) is 15.7 Å². The maximum Gasteiger partial charge on any atom is 0.271 e. The van der Waals surface area contributed by atoms with Crippen LogP contribution in [0.5, 0.6) is 0 Å². The number of aromatic nitrogens is 2. The number of thiocarbonyl (C=S) groups is 1. The lowest BCUT2D eigenvalue weighted by molar-refractivity contribution is -0.384. The Morgan fingerprint density at radius 2 is 2.04 bits per heavy atom. The minimum absolute atomic E-state index is 0.0474. The van der Waals surface area contributed by atoms with Crippen LogP contribution >= 0.6 is 23.8 Å². The van der Waals surface area contributed by atoms with Crippen LogP contribution in [-0.2, 0) is 6.54 Å². The molecule has 3 rings (SSSR count). The number of non-ortho nitro benzene ring substituents is 1. The number of hydrogen-bond donors (Lipinski definition) is 2. The number of anilines is 2. The number of nitrogens with zero attached hydrogens (tertiary/aromatic N) is 3. The van der Waals surface area contributed by atoms with Crippen LogP contribution in [0.25, 0.3) is 0 Å². The highest BCUT2D eigenvalue weighted by atomic mass is 35.5. The lowest BCUT2D eigenvalue weighted by Gasteiger charge is -2.09. The Hall–Kier alpha value is -3.04. The van der Waals surface area contributed by atoms with Gasteiger partial charge in [0, 0.05) is 40.7 Å². The molecule has 2 aromatic carbocycles. The maximum absolute atomic E-state index is 13.9. The molecule has 0 saturated heterocycles. The van der Waals surface area contributed by atoms with Gasteiger partial charge >= 0.3 is 0 Å². The fourth-order valence-electron chi connectivity index (χ4n) is 2.34. The van der Waals surface area contributed by atoms with Gasteiger partial charge < -0.3 is 10.6 Å². The zero-order chi connectivity index (χ0) is 19.4. The number of nitro groups is 1. The molecule has 10 heteroatoms. The maximum atomic E-state index is 13.9.